The van der Waals surface area contributed by atoms with E-state index in [1.165, 1.54) is 7.11 Å². The van der Waals surface area contributed by atoms with E-state index in [0.29, 0.717) is 0 Å². The predicted octanol–water partition coefficient (Wildman–Crippen LogP) is -2.57. The fourth-order valence-electron chi connectivity index (χ4n) is 1.26. The molecule has 6 nitrogen and oxygen atoms in total. The third-order valence-electron chi connectivity index (χ3n) is 2.08. The van der Waals surface area contributed by atoms with Crippen molar-refractivity contribution in [2.75, 3.05) is 13.7 Å². The summed E-state index contributed by atoms with van der Waals surface area (Å²) in [6.45, 7) is -0.440. The lowest BCUT2D eigenvalue weighted by molar-refractivity contribution is -0.294. The molecule has 1 heterocycles. The van der Waals surface area contributed by atoms with Gasteiger partial charge in [0.05, 0.1) is 6.61 Å². The third-order valence-corrected chi connectivity index (χ3v) is 2.08. The van der Waals surface area contributed by atoms with Gasteiger partial charge in [0.25, 0.3) is 0 Å². The van der Waals surface area contributed by atoms with E-state index in [4.69, 9.17) is 14.6 Å². The number of hydrogen-bond donors (Lipinski definition) is 4. The van der Waals surface area contributed by atoms with Gasteiger partial charge >= 0.3 is 0 Å². The molecule has 0 aromatic heterocycles. The van der Waals surface area contributed by atoms with Crippen molar-refractivity contribution < 1.29 is 29.9 Å². The van der Waals surface area contributed by atoms with Crippen molar-refractivity contribution in [2.45, 2.75) is 30.7 Å². The number of hydrogen-bond acceptors (Lipinski definition) is 6. The van der Waals surface area contributed by atoms with Gasteiger partial charge in [-0.15, -0.1) is 0 Å². The largest absolute Gasteiger partial charge is 0.394 e. The molecule has 1 fully saturated rings. The van der Waals surface area contributed by atoms with E-state index >= 15 is 0 Å². The molecule has 1 aliphatic heterocycles. The maximum Gasteiger partial charge on any atom is 0.186 e. The van der Waals surface area contributed by atoms with Gasteiger partial charge < -0.3 is 29.9 Å². The number of methoxy groups -OCH3 is 1. The van der Waals surface area contributed by atoms with Gasteiger partial charge in [-0.2, -0.15) is 0 Å². The zero-order valence-corrected chi connectivity index (χ0v) is 7.20. The first-order chi connectivity index (χ1) is 6.11. The molecule has 0 aromatic rings. The van der Waals surface area contributed by atoms with Crippen molar-refractivity contribution in [3.8, 4) is 0 Å². The van der Waals surface area contributed by atoms with Crippen LogP contribution in [0.4, 0.5) is 0 Å². The van der Waals surface area contributed by atoms with Crippen LogP contribution in [-0.4, -0.2) is 64.8 Å². The van der Waals surface area contributed by atoms with Gasteiger partial charge in [-0.1, -0.05) is 0 Å². The minimum absolute atomic E-state index is 0.440. The summed E-state index contributed by atoms with van der Waals surface area (Å²) in [4.78, 5) is 0. The Hall–Kier alpha value is -0.240. The quantitative estimate of drug-likeness (QED) is 0.386. The number of rotatable bonds is 2. The first kappa shape index (κ1) is 10.8. The van der Waals surface area contributed by atoms with E-state index in [1.54, 1.807) is 0 Å². The fraction of sp³-hybridized carbons (Fsp3) is 1.00. The molecule has 4 N–H and O–H groups in total. The smallest absolute Gasteiger partial charge is 0.186 e. The monoisotopic (exact) mass is 194 g/mol. The SMILES string of the molecule is CO[C@@H]1O[C@H](CO)[C@@H](O)C(O)[C@@H]1O. The van der Waals surface area contributed by atoms with Gasteiger partial charge in [0.2, 0.25) is 0 Å². The first-order valence-electron chi connectivity index (χ1n) is 3.95. The maximum atomic E-state index is 9.28. The van der Waals surface area contributed by atoms with Crippen molar-refractivity contribution >= 4 is 0 Å². The Kier molecular flexibility index (Phi) is 3.60. The summed E-state index contributed by atoms with van der Waals surface area (Å²) in [6, 6.07) is 0. The zero-order valence-electron chi connectivity index (χ0n) is 7.20. The molecule has 0 aromatic carbocycles. The Morgan fingerprint density at radius 1 is 1.15 bits per heavy atom. The molecule has 5 atom stereocenters. The lowest BCUT2D eigenvalue weighted by atomic mass is 9.99. The van der Waals surface area contributed by atoms with Crippen LogP contribution in [0.15, 0.2) is 0 Å². The van der Waals surface area contributed by atoms with Gasteiger partial charge in [0.1, 0.15) is 24.4 Å². The summed E-state index contributed by atoms with van der Waals surface area (Å²) in [5.74, 6) is 0. The molecule has 0 bridgehead atoms. The highest BCUT2D eigenvalue weighted by Gasteiger charge is 2.43. The van der Waals surface area contributed by atoms with Gasteiger partial charge in [-0.05, 0) is 0 Å². The van der Waals surface area contributed by atoms with Crippen LogP contribution in [0.5, 0.6) is 0 Å². The van der Waals surface area contributed by atoms with Crippen LogP contribution in [0.2, 0.25) is 0 Å². The van der Waals surface area contributed by atoms with E-state index in [-0.39, 0.29) is 0 Å². The summed E-state index contributed by atoms with van der Waals surface area (Å²) in [6.07, 6.45) is -5.91. The zero-order chi connectivity index (χ0) is 10.0. The molecular weight excluding hydrogens is 180 g/mol. The van der Waals surface area contributed by atoms with E-state index in [0.717, 1.165) is 0 Å². The molecular formula is C7H14O6. The lowest BCUT2D eigenvalue weighted by Crippen LogP contribution is -2.58. The van der Waals surface area contributed by atoms with Gasteiger partial charge in [0.15, 0.2) is 6.29 Å². The molecule has 0 aliphatic carbocycles. The Labute approximate surface area is 75.3 Å². The molecule has 0 radical (unpaired) electrons. The van der Waals surface area contributed by atoms with Crippen LogP contribution in [-0.2, 0) is 9.47 Å². The second kappa shape index (κ2) is 4.32. The Bertz CT molecular complexity index is 143. The standard InChI is InChI=1S/C7H14O6/c1-12-7-6(11)5(10)4(9)3(2-8)13-7/h3-11H,2H2,1H3/t3-,4-,5?,6+,7-/m1/s1. The second-order valence-electron chi connectivity index (χ2n) is 2.93. The number of aliphatic hydroxyl groups excluding tert-OH is 4. The highest BCUT2D eigenvalue weighted by Crippen LogP contribution is 2.20. The highest BCUT2D eigenvalue weighted by atomic mass is 16.7. The Morgan fingerprint density at radius 2 is 1.77 bits per heavy atom. The molecule has 1 unspecified atom stereocenters. The van der Waals surface area contributed by atoms with Crippen molar-refractivity contribution in [3.63, 3.8) is 0 Å². The summed E-state index contributed by atoms with van der Waals surface area (Å²) < 4.78 is 9.65. The highest BCUT2D eigenvalue weighted by molar-refractivity contribution is 4.88. The summed E-state index contributed by atoms with van der Waals surface area (Å²) in [5.41, 5.74) is 0. The number of ether oxygens (including phenoxy) is 2. The van der Waals surface area contributed by atoms with E-state index in [2.05, 4.69) is 0 Å². The molecule has 1 saturated heterocycles. The van der Waals surface area contributed by atoms with E-state index in [9.17, 15) is 15.3 Å². The van der Waals surface area contributed by atoms with E-state index < -0.39 is 37.3 Å². The van der Waals surface area contributed by atoms with Crippen molar-refractivity contribution in [3.05, 3.63) is 0 Å². The third kappa shape index (κ3) is 1.98. The number of aliphatic hydroxyl groups is 4. The molecule has 0 amide bonds. The molecule has 0 spiro atoms. The summed E-state index contributed by atoms with van der Waals surface area (Å²) in [7, 11) is 1.30. The van der Waals surface area contributed by atoms with Crippen molar-refractivity contribution in [1.82, 2.24) is 0 Å². The molecule has 78 valence electrons. The average molecular weight is 194 g/mol. The Balaban J connectivity index is 2.66. The van der Waals surface area contributed by atoms with Crippen molar-refractivity contribution in [2.24, 2.45) is 0 Å². The first-order valence-corrected chi connectivity index (χ1v) is 3.95. The van der Waals surface area contributed by atoms with Crippen LogP contribution in [0, 0.1) is 0 Å². The van der Waals surface area contributed by atoms with Crippen molar-refractivity contribution in [1.29, 1.82) is 0 Å². The van der Waals surface area contributed by atoms with E-state index in [1.807, 2.05) is 0 Å². The second-order valence-corrected chi connectivity index (χ2v) is 2.93. The van der Waals surface area contributed by atoms with Crippen LogP contribution in [0.3, 0.4) is 0 Å². The molecule has 6 heteroatoms. The topological polar surface area (TPSA) is 99.4 Å². The molecule has 1 aliphatic rings. The normalized spacial score (nSPS) is 46.4. The maximum absolute atomic E-state index is 9.28. The van der Waals surface area contributed by atoms with Crippen LogP contribution >= 0.6 is 0 Å². The summed E-state index contributed by atoms with van der Waals surface area (Å²) >= 11 is 0. The fourth-order valence-corrected chi connectivity index (χ4v) is 1.26. The van der Waals surface area contributed by atoms with Gasteiger partial charge in [0, 0.05) is 7.11 Å². The summed E-state index contributed by atoms with van der Waals surface area (Å²) in [5, 5.41) is 36.6. The van der Waals surface area contributed by atoms with Crippen LogP contribution in [0.25, 0.3) is 0 Å². The predicted molar refractivity (Wildman–Crippen MR) is 40.8 cm³/mol. The molecule has 13 heavy (non-hydrogen) atoms. The average Bonchev–Trinajstić information content (AvgIpc) is 2.15. The molecule has 0 saturated carbocycles. The van der Waals surface area contributed by atoms with Crippen LogP contribution in [0.1, 0.15) is 0 Å². The molecule has 1 rings (SSSR count). The minimum atomic E-state index is -1.36. The van der Waals surface area contributed by atoms with Crippen LogP contribution < -0.4 is 0 Å². The van der Waals surface area contributed by atoms with Gasteiger partial charge in [-0.3, -0.25) is 0 Å². The Morgan fingerprint density at radius 3 is 2.23 bits per heavy atom. The lowest BCUT2D eigenvalue weighted by Gasteiger charge is -2.38. The minimum Gasteiger partial charge on any atom is -0.394 e. The van der Waals surface area contributed by atoms with Gasteiger partial charge in [-0.25, -0.2) is 0 Å².